The first-order chi connectivity index (χ1) is 14.6. The van der Waals surface area contributed by atoms with E-state index < -0.39 is 0 Å². The number of hydrogen-bond donors (Lipinski definition) is 0. The number of ether oxygens (including phenoxy) is 2. The summed E-state index contributed by atoms with van der Waals surface area (Å²) in [5.74, 6) is 1.86. The van der Waals surface area contributed by atoms with Gasteiger partial charge in [0.05, 0.1) is 6.61 Å². The summed E-state index contributed by atoms with van der Waals surface area (Å²) in [6.45, 7) is 9.74. The van der Waals surface area contributed by atoms with Crippen molar-refractivity contribution in [2.45, 2.75) is 71.8 Å². The van der Waals surface area contributed by atoms with Crippen LogP contribution in [0.4, 0.5) is 0 Å². The van der Waals surface area contributed by atoms with Crippen molar-refractivity contribution in [2.75, 3.05) is 32.8 Å². The van der Waals surface area contributed by atoms with Gasteiger partial charge in [0.25, 0.3) is 0 Å². The van der Waals surface area contributed by atoms with Crippen molar-refractivity contribution in [1.82, 2.24) is 9.80 Å². The molecule has 6 nitrogen and oxygen atoms in total. The molecule has 2 amide bonds. The molecule has 0 atom stereocenters. The second-order valence-corrected chi connectivity index (χ2v) is 7.81. The lowest BCUT2D eigenvalue weighted by molar-refractivity contribution is -0.134. The Morgan fingerprint density at radius 3 is 2.23 bits per heavy atom. The summed E-state index contributed by atoms with van der Waals surface area (Å²) >= 11 is 0. The minimum atomic E-state index is 0.0916. The summed E-state index contributed by atoms with van der Waals surface area (Å²) in [6, 6.07) is 7.73. The second-order valence-electron chi connectivity index (χ2n) is 7.81. The van der Waals surface area contributed by atoms with Crippen molar-refractivity contribution < 1.29 is 19.1 Å². The van der Waals surface area contributed by atoms with Crippen LogP contribution in [-0.4, -0.2) is 60.5 Å². The molecule has 0 unspecified atom stereocenters. The second kappa shape index (κ2) is 13.1. The van der Waals surface area contributed by atoms with Gasteiger partial charge in [0, 0.05) is 51.9 Å². The molecular weight excluding hydrogens is 380 g/mol. The molecule has 2 rings (SSSR count). The smallest absolute Gasteiger partial charge is 0.222 e. The van der Waals surface area contributed by atoms with E-state index in [0.29, 0.717) is 39.0 Å². The molecule has 1 aromatic rings. The minimum Gasteiger partial charge on any atom is -0.490 e. The molecule has 1 aliphatic rings. The maximum absolute atomic E-state index is 12.5. The Bertz CT molecular complexity index is 650. The van der Waals surface area contributed by atoms with Crippen molar-refractivity contribution in [3.05, 3.63) is 24.3 Å². The number of piperidine rings is 1. The van der Waals surface area contributed by atoms with E-state index >= 15 is 0 Å². The lowest BCUT2D eigenvalue weighted by Crippen LogP contribution is -2.41. The zero-order chi connectivity index (χ0) is 21.8. The average Bonchev–Trinajstić information content (AvgIpc) is 2.75. The van der Waals surface area contributed by atoms with Crippen LogP contribution in [0.2, 0.25) is 0 Å². The third kappa shape index (κ3) is 7.54. The summed E-state index contributed by atoms with van der Waals surface area (Å²) < 4.78 is 11.8. The van der Waals surface area contributed by atoms with E-state index in [4.69, 9.17) is 9.47 Å². The van der Waals surface area contributed by atoms with Crippen molar-refractivity contribution in [1.29, 1.82) is 0 Å². The molecule has 0 aromatic heterocycles. The highest BCUT2D eigenvalue weighted by Gasteiger charge is 2.24. The monoisotopic (exact) mass is 418 g/mol. The Kier molecular flexibility index (Phi) is 10.5. The fraction of sp³-hybridized carbons (Fsp3) is 0.667. The lowest BCUT2D eigenvalue weighted by Gasteiger charge is -2.32. The first-order valence-electron chi connectivity index (χ1n) is 11.5. The largest absolute Gasteiger partial charge is 0.490 e. The van der Waals surface area contributed by atoms with Crippen LogP contribution in [0.5, 0.6) is 11.5 Å². The molecule has 1 aliphatic heterocycles. The molecule has 0 spiro atoms. The van der Waals surface area contributed by atoms with Crippen molar-refractivity contribution in [2.24, 2.45) is 0 Å². The number of nitrogens with zero attached hydrogens (tertiary/aromatic N) is 2. The van der Waals surface area contributed by atoms with Gasteiger partial charge in [-0.1, -0.05) is 26.0 Å². The highest BCUT2D eigenvalue weighted by atomic mass is 16.5. The fourth-order valence-electron chi connectivity index (χ4n) is 3.83. The van der Waals surface area contributed by atoms with Gasteiger partial charge < -0.3 is 19.3 Å². The number of amides is 2. The Morgan fingerprint density at radius 2 is 1.63 bits per heavy atom. The van der Waals surface area contributed by atoms with E-state index in [0.717, 1.165) is 50.3 Å². The number of carbonyl (C=O) groups is 2. The van der Waals surface area contributed by atoms with E-state index in [9.17, 15) is 9.59 Å². The molecule has 6 heteroatoms. The zero-order valence-corrected chi connectivity index (χ0v) is 18.9. The summed E-state index contributed by atoms with van der Waals surface area (Å²) in [4.78, 5) is 28.7. The van der Waals surface area contributed by atoms with Crippen LogP contribution < -0.4 is 9.47 Å². The fourth-order valence-corrected chi connectivity index (χ4v) is 3.83. The normalized spacial score (nSPS) is 14.4. The van der Waals surface area contributed by atoms with E-state index in [1.807, 2.05) is 41.0 Å². The van der Waals surface area contributed by atoms with Crippen LogP contribution in [-0.2, 0) is 9.59 Å². The third-order valence-electron chi connectivity index (χ3n) is 5.36. The number of hydrogen-bond acceptors (Lipinski definition) is 4. The zero-order valence-electron chi connectivity index (χ0n) is 18.9. The molecule has 1 heterocycles. The molecule has 0 bridgehead atoms. The molecular formula is C24H38N2O4. The minimum absolute atomic E-state index is 0.0916. The van der Waals surface area contributed by atoms with Gasteiger partial charge >= 0.3 is 0 Å². The van der Waals surface area contributed by atoms with Gasteiger partial charge in [0.2, 0.25) is 11.8 Å². The molecule has 1 saturated heterocycles. The molecule has 30 heavy (non-hydrogen) atoms. The molecule has 1 aromatic carbocycles. The van der Waals surface area contributed by atoms with Crippen LogP contribution in [0.15, 0.2) is 24.3 Å². The SMILES string of the molecule is CCCN(CCC)C(=O)CCCC(=O)N1CCC(Oc2ccccc2OCC)CC1. The Labute approximate surface area is 181 Å². The topological polar surface area (TPSA) is 59.1 Å². The van der Waals surface area contributed by atoms with Gasteiger partial charge in [0.15, 0.2) is 11.5 Å². The summed E-state index contributed by atoms with van der Waals surface area (Å²) in [6.07, 6.45) is 5.18. The maximum Gasteiger partial charge on any atom is 0.222 e. The highest BCUT2D eigenvalue weighted by Crippen LogP contribution is 2.29. The average molecular weight is 419 g/mol. The van der Waals surface area contributed by atoms with E-state index in [-0.39, 0.29) is 17.9 Å². The van der Waals surface area contributed by atoms with E-state index in [2.05, 4.69) is 13.8 Å². The highest BCUT2D eigenvalue weighted by molar-refractivity contribution is 5.79. The predicted octanol–water partition coefficient (Wildman–Crippen LogP) is 4.27. The number of likely N-dealkylation sites (tertiary alicyclic amines) is 1. The van der Waals surface area contributed by atoms with Crippen LogP contribution >= 0.6 is 0 Å². The summed E-state index contributed by atoms with van der Waals surface area (Å²) in [5.41, 5.74) is 0. The number of carbonyl (C=O) groups excluding carboxylic acids is 2. The molecule has 0 saturated carbocycles. The first-order valence-corrected chi connectivity index (χ1v) is 11.5. The standard InChI is InChI=1S/C24H38N2O4/c1-4-16-25(17-5-2)23(27)12-9-13-24(28)26-18-14-20(15-19-26)30-22-11-8-7-10-21(22)29-6-3/h7-8,10-11,20H,4-6,9,12-19H2,1-3H3. The number of benzene rings is 1. The lowest BCUT2D eigenvalue weighted by atomic mass is 10.1. The van der Waals surface area contributed by atoms with E-state index in [1.54, 1.807) is 0 Å². The summed E-state index contributed by atoms with van der Waals surface area (Å²) in [5, 5.41) is 0. The van der Waals surface area contributed by atoms with Crippen LogP contribution in [0.25, 0.3) is 0 Å². The molecule has 0 radical (unpaired) electrons. The van der Waals surface area contributed by atoms with Gasteiger partial charge in [-0.3, -0.25) is 9.59 Å². The Morgan fingerprint density at radius 1 is 1.00 bits per heavy atom. The molecule has 0 N–H and O–H groups in total. The number of rotatable bonds is 12. The van der Waals surface area contributed by atoms with E-state index in [1.165, 1.54) is 0 Å². The molecule has 0 aliphatic carbocycles. The molecule has 1 fully saturated rings. The van der Waals surface area contributed by atoms with Crippen molar-refractivity contribution in [3.8, 4) is 11.5 Å². The van der Waals surface area contributed by atoms with Gasteiger partial charge in [-0.25, -0.2) is 0 Å². The van der Waals surface area contributed by atoms with Gasteiger partial charge in [-0.2, -0.15) is 0 Å². The first kappa shape index (κ1) is 24.0. The van der Waals surface area contributed by atoms with Crippen LogP contribution in [0.3, 0.4) is 0 Å². The quantitative estimate of drug-likeness (QED) is 0.508. The third-order valence-corrected chi connectivity index (χ3v) is 5.36. The van der Waals surface area contributed by atoms with Crippen LogP contribution in [0, 0.1) is 0 Å². The van der Waals surface area contributed by atoms with Gasteiger partial charge in [-0.15, -0.1) is 0 Å². The summed E-state index contributed by atoms with van der Waals surface area (Å²) in [7, 11) is 0. The van der Waals surface area contributed by atoms with Crippen LogP contribution in [0.1, 0.15) is 65.7 Å². The predicted molar refractivity (Wildman–Crippen MR) is 119 cm³/mol. The van der Waals surface area contributed by atoms with Crippen molar-refractivity contribution >= 4 is 11.8 Å². The van der Waals surface area contributed by atoms with Crippen molar-refractivity contribution in [3.63, 3.8) is 0 Å². The maximum atomic E-state index is 12.5. The Hall–Kier alpha value is -2.24. The Balaban J connectivity index is 1.72. The van der Waals surface area contributed by atoms with Gasteiger partial charge in [0.1, 0.15) is 6.10 Å². The number of para-hydroxylation sites is 2. The van der Waals surface area contributed by atoms with Gasteiger partial charge in [-0.05, 0) is 38.3 Å². The molecule has 168 valence electrons.